The Morgan fingerprint density at radius 2 is 2.13 bits per heavy atom. The quantitative estimate of drug-likeness (QED) is 0.756. The van der Waals surface area contributed by atoms with Gasteiger partial charge in [0.1, 0.15) is 11.4 Å². The average Bonchev–Trinajstić information content (AvgIpc) is 3.10. The number of carbonyl (C=O) groups excluding carboxylic acids is 1. The molecule has 8 nitrogen and oxygen atoms in total. The normalized spacial score (nSPS) is 20.7. The van der Waals surface area contributed by atoms with E-state index < -0.39 is 15.6 Å². The van der Waals surface area contributed by atoms with E-state index in [-0.39, 0.29) is 24.2 Å². The van der Waals surface area contributed by atoms with Gasteiger partial charge >= 0.3 is 0 Å². The monoisotopic (exact) mass is 432 g/mol. The fraction of sp³-hybridized carbons (Fsp3) is 0.524. The number of rotatable bonds is 5. The van der Waals surface area contributed by atoms with Crippen molar-refractivity contribution in [2.24, 2.45) is 0 Å². The first-order valence-corrected chi connectivity index (χ1v) is 11.9. The van der Waals surface area contributed by atoms with E-state index in [9.17, 15) is 13.2 Å². The topological polar surface area (TPSA) is 104 Å². The van der Waals surface area contributed by atoms with E-state index in [4.69, 9.17) is 4.74 Å². The van der Waals surface area contributed by atoms with Crippen molar-refractivity contribution in [3.8, 4) is 5.75 Å². The summed E-state index contributed by atoms with van der Waals surface area (Å²) < 4.78 is 32.3. The molecule has 30 heavy (non-hydrogen) atoms. The molecule has 2 aliphatic rings. The molecule has 1 aromatic heterocycles. The molecule has 3 heterocycles. The maximum Gasteiger partial charge on any atom is 0.272 e. The van der Waals surface area contributed by atoms with Crippen molar-refractivity contribution < 1.29 is 17.9 Å². The molecule has 1 amide bonds. The predicted octanol–water partition coefficient (Wildman–Crippen LogP) is 2.54. The van der Waals surface area contributed by atoms with Crippen LogP contribution in [0, 0.1) is 0 Å². The number of hydrogen-bond donors (Lipinski definition) is 2. The minimum Gasteiger partial charge on any atom is -0.487 e. The second-order valence-corrected chi connectivity index (χ2v) is 10.6. The summed E-state index contributed by atoms with van der Waals surface area (Å²) in [5.41, 5.74) is 2.39. The summed E-state index contributed by atoms with van der Waals surface area (Å²) in [5, 5.41) is 10.2. The lowest BCUT2D eigenvalue weighted by atomic mass is 9.89. The van der Waals surface area contributed by atoms with Gasteiger partial charge in [-0.25, -0.2) is 8.42 Å². The van der Waals surface area contributed by atoms with Gasteiger partial charge in [-0.1, -0.05) is 25.1 Å². The number of H-pyrrole nitrogens is 1. The fourth-order valence-corrected chi connectivity index (χ4v) is 5.73. The maximum atomic E-state index is 13.1. The van der Waals surface area contributed by atoms with Gasteiger partial charge in [-0.05, 0) is 32.8 Å². The van der Waals surface area contributed by atoms with Crippen molar-refractivity contribution >= 4 is 15.9 Å². The first kappa shape index (κ1) is 20.9. The molecule has 1 unspecified atom stereocenters. The lowest BCUT2D eigenvalue weighted by Crippen LogP contribution is -2.41. The molecule has 0 saturated heterocycles. The predicted molar refractivity (Wildman–Crippen MR) is 113 cm³/mol. The van der Waals surface area contributed by atoms with Crippen molar-refractivity contribution in [1.82, 2.24) is 19.8 Å². The van der Waals surface area contributed by atoms with Crippen LogP contribution >= 0.6 is 0 Å². The van der Waals surface area contributed by atoms with Crippen molar-refractivity contribution in [2.75, 3.05) is 12.3 Å². The van der Waals surface area contributed by atoms with E-state index in [0.717, 1.165) is 16.9 Å². The van der Waals surface area contributed by atoms with Crippen LogP contribution in [0.15, 0.2) is 24.3 Å². The maximum absolute atomic E-state index is 13.1. The number of fused-ring (bicyclic) bond motifs is 2. The molecule has 1 atom stereocenters. The molecule has 0 aliphatic carbocycles. The first-order chi connectivity index (χ1) is 14.2. The van der Waals surface area contributed by atoms with E-state index in [0.29, 0.717) is 37.2 Å². The number of aromatic amines is 1. The van der Waals surface area contributed by atoms with Crippen LogP contribution in [-0.4, -0.2) is 46.7 Å². The summed E-state index contributed by atoms with van der Waals surface area (Å²) in [5.74, 6) is 0.651. The number of hydrogen-bond acceptors (Lipinski definition) is 5. The largest absolute Gasteiger partial charge is 0.487 e. The van der Waals surface area contributed by atoms with Crippen LogP contribution in [0.1, 0.15) is 67.0 Å². The van der Waals surface area contributed by atoms with Crippen molar-refractivity contribution in [1.29, 1.82) is 0 Å². The molecule has 0 bridgehead atoms. The van der Waals surface area contributed by atoms with Crippen molar-refractivity contribution in [3.63, 3.8) is 0 Å². The van der Waals surface area contributed by atoms with Crippen LogP contribution in [0.2, 0.25) is 0 Å². The van der Waals surface area contributed by atoms with Crippen molar-refractivity contribution in [3.05, 3.63) is 46.8 Å². The highest BCUT2D eigenvalue weighted by Gasteiger charge is 2.36. The molecule has 0 saturated carbocycles. The van der Waals surface area contributed by atoms with Crippen LogP contribution in [-0.2, 0) is 23.0 Å². The smallest absolute Gasteiger partial charge is 0.272 e. The highest BCUT2D eigenvalue weighted by atomic mass is 32.2. The molecule has 2 aliphatic heterocycles. The summed E-state index contributed by atoms with van der Waals surface area (Å²) >= 11 is 0. The SMILES string of the molecule is CCCS(=O)(=O)N1CCc2c(C(=O)NC3CC(C)(C)Oc4ccccc43)n[nH]c2C1. The Kier molecular flexibility index (Phi) is 5.36. The Morgan fingerprint density at radius 1 is 1.37 bits per heavy atom. The first-order valence-electron chi connectivity index (χ1n) is 10.3. The van der Waals surface area contributed by atoms with Gasteiger partial charge in [0.05, 0.1) is 24.0 Å². The lowest BCUT2D eigenvalue weighted by Gasteiger charge is -2.37. The number of para-hydroxylation sites is 1. The minimum absolute atomic E-state index is 0.128. The van der Waals surface area contributed by atoms with Gasteiger partial charge in [0.2, 0.25) is 10.0 Å². The lowest BCUT2D eigenvalue weighted by molar-refractivity contribution is 0.0618. The van der Waals surface area contributed by atoms with E-state index >= 15 is 0 Å². The minimum atomic E-state index is -3.29. The van der Waals surface area contributed by atoms with Crippen molar-refractivity contribution in [2.45, 2.75) is 58.2 Å². The van der Waals surface area contributed by atoms with Crippen LogP contribution in [0.3, 0.4) is 0 Å². The number of nitrogens with zero attached hydrogens (tertiary/aromatic N) is 2. The van der Waals surface area contributed by atoms with Crippen LogP contribution in [0.4, 0.5) is 0 Å². The number of nitrogens with one attached hydrogen (secondary N) is 2. The molecular formula is C21H28N4O4S. The number of sulfonamides is 1. The highest BCUT2D eigenvalue weighted by Crippen LogP contribution is 2.39. The third kappa shape index (κ3) is 3.96. The fourth-order valence-electron chi connectivity index (χ4n) is 4.26. The molecule has 1 aromatic carbocycles. The Hall–Kier alpha value is -2.39. The molecule has 4 rings (SSSR count). The average molecular weight is 433 g/mol. The number of ether oxygens (including phenoxy) is 1. The molecule has 2 aromatic rings. The van der Waals surface area contributed by atoms with Crippen LogP contribution in [0.5, 0.6) is 5.75 Å². The number of benzene rings is 1. The number of aromatic nitrogens is 2. The van der Waals surface area contributed by atoms with E-state index in [1.165, 1.54) is 4.31 Å². The van der Waals surface area contributed by atoms with Gasteiger partial charge in [0.25, 0.3) is 5.91 Å². The standard InChI is InChI=1S/C21H28N4O4S/c1-4-11-30(27,28)25-10-9-15-17(13-25)23-24-19(15)20(26)22-16-12-21(2,3)29-18-8-6-5-7-14(16)18/h5-8,16H,4,9-13H2,1-3H3,(H,22,26)(H,23,24). The van der Waals surface area contributed by atoms with Gasteiger partial charge in [-0.3, -0.25) is 9.89 Å². The third-order valence-corrected chi connectivity index (χ3v) is 7.67. The van der Waals surface area contributed by atoms with Crippen LogP contribution in [0.25, 0.3) is 0 Å². The molecule has 0 fully saturated rings. The van der Waals surface area contributed by atoms with E-state index in [2.05, 4.69) is 15.5 Å². The Balaban J connectivity index is 1.54. The second-order valence-electron chi connectivity index (χ2n) is 8.56. The van der Waals surface area contributed by atoms with Gasteiger partial charge in [0.15, 0.2) is 5.69 Å². The zero-order valence-corrected chi connectivity index (χ0v) is 18.4. The molecule has 2 N–H and O–H groups in total. The van der Waals surface area contributed by atoms with Gasteiger partial charge < -0.3 is 10.1 Å². The summed E-state index contributed by atoms with van der Waals surface area (Å²) in [6.07, 6.45) is 1.68. The molecule has 9 heteroatoms. The summed E-state index contributed by atoms with van der Waals surface area (Å²) in [4.78, 5) is 13.1. The number of amides is 1. The molecule has 0 spiro atoms. The molecule has 0 radical (unpaired) electrons. The highest BCUT2D eigenvalue weighted by molar-refractivity contribution is 7.89. The zero-order chi connectivity index (χ0) is 21.5. The Morgan fingerprint density at radius 3 is 2.90 bits per heavy atom. The Bertz CT molecular complexity index is 1060. The second kappa shape index (κ2) is 7.70. The Labute approximate surface area is 177 Å². The molecule has 162 valence electrons. The van der Waals surface area contributed by atoms with Gasteiger partial charge in [-0.15, -0.1) is 0 Å². The summed E-state index contributed by atoms with van der Waals surface area (Å²) in [6, 6.07) is 7.54. The summed E-state index contributed by atoms with van der Waals surface area (Å²) in [6.45, 7) is 6.45. The van der Waals surface area contributed by atoms with E-state index in [1.54, 1.807) is 0 Å². The zero-order valence-electron chi connectivity index (χ0n) is 17.6. The third-order valence-electron chi connectivity index (χ3n) is 5.65. The number of carbonyl (C=O) groups is 1. The molecular weight excluding hydrogens is 404 g/mol. The summed E-state index contributed by atoms with van der Waals surface area (Å²) in [7, 11) is -3.29. The van der Waals surface area contributed by atoms with Gasteiger partial charge in [0, 0.05) is 24.1 Å². The van der Waals surface area contributed by atoms with E-state index in [1.807, 2.05) is 45.0 Å². The van der Waals surface area contributed by atoms with Crippen LogP contribution < -0.4 is 10.1 Å². The van der Waals surface area contributed by atoms with Gasteiger partial charge in [-0.2, -0.15) is 9.40 Å².